The zero-order valence-corrected chi connectivity index (χ0v) is 13.0. The van der Waals surface area contributed by atoms with Crippen LogP contribution in [-0.4, -0.2) is 22.9 Å². The first kappa shape index (κ1) is 15.1. The maximum Gasteiger partial charge on any atom is 0.305 e. The molecule has 2 N–H and O–H groups in total. The Morgan fingerprint density at radius 1 is 1.45 bits per heavy atom. The van der Waals surface area contributed by atoms with Gasteiger partial charge < -0.3 is 19.9 Å². The lowest BCUT2D eigenvalue weighted by Gasteiger charge is -2.17. The Bertz CT molecular complexity index is 691. The number of aliphatic carboxylic acids is 1. The highest BCUT2D eigenvalue weighted by atomic mass is 35.5. The van der Waals surface area contributed by atoms with E-state index in [0.717, 1.165) is 10.6 Å². The van der Waals surface area contributed by atoms with Gasteiger partial charge in [-0.15, -0.1) is 11.3 Å². The maximum absolute atomic E-state index is 11.1. The van der Waals surface area contributed by atoms with Gasteiger partial charge in [0, 0.05) is 12.6 Å². The summed E-state index contributed by atoms with van der Waals surface area (Å²) in [6, 6.07) is 5.07. The van der Waals surface area contributed by atoms with Crippen LogP contribution in [-0.2, 0) is 11.3 Å². The van der Waals surface area contributed by atoms with Gasteiger partial charge in [0.1, 0.15) is 9.34 Å². The third kappa shape index (κ3) is 3.49. The van der Waals surface area contributed by atoms with Gasteiger partial charge in [-0.2, -0.15) is 0 Å². The fraction of sp³-hybridized carbons (Fsp3) is 0.286. The third-order valence-corrected chi connectivity index (χ3v) is 4.32. The van der Waals surface area contributed by atoms with E-state index in [1.165, 1.54) is 11.3 Å². The molecular weight excluding hydrogens is 328 g/mol. The number of rotatable bonds is 6. The summed E-state index contributed by atoms with van der Waals surface area (Å²) in [5.41, 5.74) is 0.828. The van der Waals surface area contributed by atoms with Gasteiger partial charge in [0.25, 0.3) is 0 Å². The van der Waals surface area contributed by atoms with Crippen molar-refractivity contribution in [2.45, 2.75) is 19.0 Å². The summed E-state index contributed by atoms with van der Waals surface area (Å²) >= 11 is 7.21. The second-order valence-corrected chi connectivity index (χ2v) is 6.45. The van der Waals surface area contributed by atoms with E-state index < -0.39 is 5.97 Å². The van der Waals surface area contributed by atoms with Gasteiger partial charge in [0.05, 0.1) is 12.6 Å². The molecule has 0 bridgehead atoms. The second-order valence-electron chi connectivity index (χ2n) is 4.70. The lowest BCUT2D eigenvalue weighted by atomic mass is 10.0. The summed E-state index contributed by atoms with van der Waals surface area (Å²) in [6.07, 6.45) is 1.54. The first-order chi connectivity index (χ1) is 10.6. The molecule has 0 saturated heterocycles. The van der Waals surface area contributed by atoms with Crippen LogP contribution in [0.1, 0.15) is 23.0 Å². The molecule has 2 aromatic rings. The van der Waals surface area contributed by atoms with E-state index in [-0.39, 0.29) is 19.3 Å². The van der Waals surface area contributed by atoms with E-state index in [4.69, 9.17) is 26.2 Å². The van der Waals surface area contributed by atoms with Crippen LogP contribution >= 0.6 is 22.9 Å². The van der Waals surface area contributed by atoms with Crippen LogP contribution in [0.5, 0.6) is 11.5 Å². The highest BCUT2D eigenvalue weighted by Crippen LogP contribution is 2.35. The zero-order chi connectivity index (χ0) is 15.5. The molecule has 0 radical (unpaired) electrons. The largest absolute Gasteiger partial charge is 0.481 e. The lowest BCUT2D eigenvalue weighted by Crippen LogP contribution is -2.23. The summed E-state index contributed by atoms with van der Waals surface area (Å²) in [4.78, 5) is 15.3. The molecule has 1 aromatic carbocycles. The number of carboxylic acid groups (broad SMARTS) is 1. The predicted molar refractivity (Wildman–Crippen MR) is 81.5 cm³/mol. The van der Waals surface area contributed by atoms with Crippen molar-refractivity contribution >= 4 is 28.9 Å². The second kappa shape index (κ2) is 6.51. The predicted octanol–water partition coefficient (Wildman–Crippen LogP) is 2.83. The molecule has 1 atom stereocenters. The fourth-order valence-electron chi connectivity index (χ4n) is 2.19. The normalized spacial score (nSPS) is 14.0. The molecule has 2 heterocycles. The number of carboxylic acids is 1. The van der Waals surface area contributed by atoms with Gasteiger partial charge in [0.2, 0.25) is 6.79 Å². The van der Waals surface area contributed by atoms with Crippen molar-refractivity contribution in [1.82, 2.24) is 10.3 Å². The summed E-state index contributed by atoms with van der Waals surface area (Å²) in [6.45, 7) is 0.636. The topological polar surface area (TPSA) is 80.7 Å². The van der Waals surface area contributed by atoms with Crippen LogP contribution in [0.4, 0.5) is 0 Å². The average Bonchev–Trinajstić information content (AvgIpc) is 3.10. The molecule has 8 heteroatoms. The van der Waals surface area contributed by atoms with Crippen LogP contribution in [0, 0.1) is 0 Å². The molecule has 1 aromatic heterocycles. The van der Waals surface area contributed by atoms with Crippen molar-refractivity contribution in [2.24, 2.45) is 0 Å². The van der Waals surface area contributed by atoms with Crippen molar-refractivity contribution in [3.63, 3.8) is 0 Å². The first-order valence-corrected chi connectivity index (χ1v) is 7.76. The van der Waals surface area contributed by atoms with Gasteiger partial charge in [-0.05, 0) is 17.7 Å². The van der Waals surface area contributed by atoms with Crippen LogP contribution in [0.3, 0.4) is 0 Å². The summed E-state index contributed by atoms with van der Waals surface area (Å²) < 4.78 is 11.2. The third-order valence-electron chi connectivity index (χ3n) is 3.20. The number of hydrogen-bond acceptors (Lipinski definition) is 6. The van der Waals surface area contributed by atoms with Crippen molar-refractivity contribution in [3.8, 4) is 11.5 Å². The lowest BCUT2D eigenvalue weighted by molar-refractivity contribution is -0.137. The summed E-state index contributed by atoms with van der Waals surface area (Å²) in [7, 11) is 0. The maximum atomic E-state index is 11.1. The van der Waals surface area contributed by atoms with Crippen LogP contribution < -0.4 is 14.8 Å². The smallest absolute Gasteiger partial charge is 0.305 e. The SMILES string of the molecule is O=C(O)C[C@H](NCc1ncc(Cl)s1)c1ccc2c(c1)OCO2. The zero-order valence-electron chi connectivity index (χ0n) is 11.4. The minimum absolute atomic E-state index is 0.0429. The standard InChI is InChI=1S/C14H13ClN2O4S/c15-12-5-17-13(22-12)6-16-9(4-14(18)19)8-1-2-10-11(3-8)21-7-20-10/h1-3,5,9,16H,4,6-7H2,(H,18,19)/t9-/m0/s1. The van der Waals surface area contributed by atoms with Gasteiger partial charge in [0.15, 0.2) is 11.5 Å². The number of fused-ring (bicyclic) bond motifs is 1. The molecule has 6 nitrogen and oxygen atoms in total. The summed E-state index contributed by atoms with van der Waals surface area (Å²) in [5.74, 6) is 0.420. The number of ether oxygens (including phenoxy) is 2. The van der Waals surface area contributed by atoms with Gasteiger partial charge in [-0.3, -0.25) is 4.79 Å². The van der Waals surface area contributed by atoms with Gasteiger partial charge in [-0.1, -0.05) is 17.7 Å². The molecule has 1 aliphatic rings. The number of nitrogens with one attached hydrogen (secondary N) is 1. The van der Waals surface area contributed by atoms with Gasteiger partial charge in [-0.25, -0.2) is 4.98 Å². The Kier molecular flexibility index (Phi) is 4.47. The Morgan fingerprint density at radius 2 is 2.27 bits per heavy atom. The number of halogens is 1. The Hall–Kier alpha value is -1.83. The molecule has 1 aliphatic heterocycles. The fourth-order valence-corrected chi connectivity index (χ4v) is 3.10. The molecule has 0 amide bonds. The molecular formula is C14H13ClN2O4S. The molecule has 116 valence electrons. The molecule has 0 aliphatic carbocycles. The number of carbonyl (C=O) groups is 1. The molecule has 22 heavy (non-hydrogen) atoms. The van der Waals surface area contributed by atoms with E-state index in [2.05, 4.69) is 10.3 Å². The molecule has 0 spiro atoms. The minimum atomic E-state index is -0.882. The minimum Gasteiger partial charge on any atom is -0.481 e. The number of benzene rings is 1. The van der Waals surface area contributed by atoms with Crippen molar-refractivity contribution < 1.29 is 19.4 Å². The average molecular weight is 341 g/mol. The van der Waals surface area contributed by atoms with Crippen molar-refractivity contribution in [1.29, 1.82) is 0 Å². The number of nitrogens with zero attached hydrogens (tertiary/aromatic N) is 1. The van der Waals surface area contributed by atoms with Gasteiger partial charge >= 0.3 is 5.97 Å². The highest BCUT2D eigenvalue weighted by Gasteiger charge is 2.20. The van der Waals surface area contributed by atoms with E-state index in [1.54, 1.807) is 18.3 Å². The number of aromatic nitrogens is 1. The van der Waals surface area contributed by atoms with E-state index in [1.807, 2.05) is 6.07 Å². The Balaban J connectivity index is 1.75. The van der Waals surface area contributed by atoms with Crippen LogP contribution in [0.15, 0.2) is 24.4 Å². The first-order valence-electron chi connectivity index (χ1n) is 6.57. The molecule has 0 unspecified atom stereocenters. The molecule has 0 saturated carbocycles. The van der Waals surface area contributed by atoms with E-state index >= 15 is 0 Å². The summed E-state index contributed by atoms with van der Waals surface area (Å²) in [5, 5.41) is 13.1. The Morgan fingerprint density at radius 3 is 3.00 bits per heavy atom. The van der Waals surface area contributed by atoms with E-state index in [0.29, 0.717) is 22.4 Å². The Labute approximate surface area is 135 Å². The molecule has 0 fully saturated rings. The molecule has 3 rings (SSSR count). The van der Waals surface area contributed by atoms with Crippen molar-refractivity contribution in [2.75, 3.05) is 6.79 Å². The monoisotopic (exact) mass is 340 g/mol. The van der Waals surface area contributed by atoms with E-state index in [9.17, 15) is 4.79 Å². The highest BCUT2D eigenvalue weighted by molar-refractivity contribution is 7.15. The van der Waals surface area contributed by atoms with Crippen LogP contribution in [0.2, 0.25) is 4.34 Å². The number of hydrogen-bond donors (Lipinski definition) is 2. The van der Waals surface area contributed by atoms with Crippen molar-refractivity contribution in [3.05, 3.63) is 39.3 Å². The van der Waals surface area contributed by atoms with Crippen LogP contribution in [0.25, 0.3) is 0 Å². The number of thiazole rings is 1. The quantitative estimate of drug-likeness (QED) is 0.841.